The summed E-state index contributed by atoms with van der Waals surface area (Å²) < 4.78 is 0. The lowest BCUT2D eigenvalue weighted by Gasteiger charge is -2.28. The van der Waals surface area contributed by atoms with Crippen LogP contribution >= 0.6 is 0 Å². The number of nitrogens with zero attached hydrogens (tertiary/aromatic N) is 2. The van der Waals surface area contributed by atoms with Crippen molar-refractivity contribution in [3.05, 3.63) is 23.8 Å². The highest BCUT2D eigenvalue weighted by Gasteiger charge is 2.34. The van der Waals surface area contributed by atoms with Crippen molar-refractivity contribution in [3.63, 3.8) is 0 Å². The first-order chi connectivity index (χ1) is 8.65. The van der Waals surface area contributed by atoms with Gasteiger partial charge in [0, 0.05) is 25.2 Å². The average Bonchev–Trinajstić information content (AvgIpc) is 2.55. The molecular formula is C15H23N3. The van der Waals surface area contributed by atoms with E-state index in [0.717, 1.165) is 24.8 Å². The third-order valence-electron chi connectivity index (χ3n) is 4.67. The second kappa shape index (κ2) is 4.47. The number of rotatable bonds is 1. The number of hydrogen-bond acceptors (Lipinski definition) is 3. The molecule has 0 saturated carbocycles. The zero-order valence-corrected chi connectivity index (χ0v) is 11.4. The summed E-state index contributed by atoms with van der Waals surface area (Å²) in [5.74, 6) is 0. The molecule has 3 rings (SSSR count). The van der Waals surface area contributed by atoms with Crippen molar-refractivity contribution in [2.24, 2.45) is 0 Å². The maximum atomic E-state index is 6.18. The van der Waals surface area contributed by atoms with Crippen molar-refractivity contribution >= 4 is 11.4 Å². The first kappa shape index (κ1) is 11.8. The van der Waals surface area contributed by atoms with Gasteiger partial charge < -0.3 is 10.6 Å². The van der Waals surface area contributed by atoms with Crippen molar-refractivity contribution in [1.29, 1.82) is 0 Å². The molecule has 1 aromatic rings. The molecule has 2 saturated heterocycles. The molecule has 2 bridgehead atoms. The Balaban J connectivity index is 1.84. The summed E-state index contributed by atoms with van der Waals surface area (Å²) in [5.41, 5.74) is 9.57. The van der Waals surface area contributed by atoms with E-state index in [1.165, 1.54) is 30.5 Å². The van der Waals surface area contributed by atoms with E-state index in [1.54, 1.807) is 0 Å². The fourth-order valence-corrected chi connectivity index (χ4v) is 3.49. The van der Waals surface area contributed by atoms with E-state index in [0.29, 0.717) is 6.04 Å². The third kappa shape index (κ3) is 1.97. The number of nitrogens with two attached hydrogens (primary N) is 1. The minimum absolute atomic E-state index is 0.707. The Kier molecular flexibility index (Phi) is 2.94. The van der Waals surface area contributed by atoms with E-state index in [9.17, 15) is 0 Å². The molecule has 1 aromatic carbocycles. The van der Waals surface area contributed by atoms with E-state index in [1.807, 2.05) is 0 Å². The molecule has 0 amide bonds. The standard InChI is InChI=1S/C15H23N3/c1-11-3-6-15(14(16)9-11)18-8-7-12-4-5-13(10-18)17(12)2/h3,6,9,12-13H,4-5,7-8,10,16H2,1-2H3. The Labute approximate surface area is 110 Å². The number of nitrogen functional groups attached to an aromatic ring is 1. The molecule has 18 heavy (non-hydrogen) atoms. The third-order valence-corrected chi connectivity index (χ3v) is 4.67. The molecule has 0 aliphatic carbocycles. The monoisotopic (exact) mass is 245 g/mol. The van der Waals surface area contributed by atoms with Crippen LogP contribution in [0.3, 0.4) is 0 Å². The molecule has 2 fully saturated rings. The van der Waals surface area contributed by atoms with Crippen LogP contribution < -0.4 is 10.6 Å². The van der Waals surface area contributed by atoms with Gasteiger partial charge in [-0.1, -0.05) is 6.07 Å². The Bertz CT molecular complexity index is 443. The second-order valence-corrected chi connectivity index (χ2v) is 5.85. The van der Waals surface area contributed by atoms with Crippen LogP contribution in [0.25, 0.3) is 0 Å². The second-order valence-electron chi connectivity index (χ2n) is 5.85. The van der Waals surface area contributed by atoms with E-state index < -0.39 is 0 Å². The molecule has 2 atom stereocenters. The summed E-state index contributed by atoms with van der Waals surface area (Å²) in [5, 5.41) is 0. The quantitative estimate of drug-likeness (QED) is 0.770. The molecule has 0 aromatic heterocycles. The summed E-state index contributed by atoms with van der Waals surface area (Å²) in [7, 11) is 2.28. The lowest BCUT2D eigenvalue weighted by Crippen LogP contribution is -2.36. The summed E-state index contributed by atoms with van der Waals surface area (Å²) in [6, 6.07) is 7.93. The van der Waals surface area contributed by atoms with Crippen molar-refractivity contribution in [2.75, 3.05) is 30.8 Å². The number of benzene rings is 1. The van der Waals surface area contributed by atoms with Gasteiger partial charge in [0.25, 0.3) is 0 Å². The van der Waals surface area contributed by atoms with Crippen molar-refractivity contribution < 1.29 is 0 Å². The van der Waals surface area contributed by atoms with E-state index in [2.05, 4.69) is 42.0 Å². The van der Waals surface area contributed by atoms with Crippen LogP contribution in [-0.4, -0.2) is 37.1 Å². The molecule has 3 nitrogen and oxygen atoms in total. The van der Waals surface area contributed by atoms with Crippen LogP contribution in [0, 0.1) is 6.92 Å². The summed E-state index contributed by atoms with van der Waals surface area (Å²) in [6.07, 6.45) is 3.97. The smallest absolute Gasteiger partial charge is 0.0600 e. The molecule has 2 heterocycles. The van der Waals surface area contributed by atoms with Crippen molar-refractivity contribution in [2.45, 2.75) is 38.3 Å². The zero-order chi connectivity index (χ0) is 12.7. The number of aryl methyl sites for hydroxylation is 1. The predicted molar refractivity (Wildman–Crippen MR) is 77.0 cm³/mol. The lowest BCUT2D eigenvalue weighted by molar-refractivity contribution is 0.254. The minimum atomic E-state index is 0.707. The molecule has 0 spiro atoms. The topological polar surface area (TPSA) is 32.5 Å². The van der Waals surface area contributed by atoms with Crippen LogP contribution in [0.15, 0.2) is 18.2 Å². The van der Waals surface area contributed by atoms with E-state index in [-0.39, 0.29) is 0 Å². The SMILES string of the molecule is Cc1ccc(N2CCC3CCC(C2)N3C)c(N)c1. The summed E-state index contributed by atoms with van der Waals surface area (Å²) in [6.45, 7) is 4.36. The fourth-order valence-electron chi connectivity index (χ4n) is 3.49. The van der Waals surface area contributed by atoms with Gasteiger partial charge in [0.1, 0.15) is 0 Å². The summed E-state index contributed by atoms with van der Waals surface area (Å²) >= 11 is 0. The zero-order valence-electron chi connectivity index (χ0n) is 11.4. The van der Waals surface area contributed by atoms with Gasteiger partial charge in [-0.15, -0.1) is 0 Å². The molecule has 2 N–H and O–H groups in total. The van der Waals surface area contributed by atoms with Crippen LogP contribution in [0.2, 0.25) is 0 Å². The van der Waals surface area contributed by atoms with E-state index >= 15 is 0 Å². The van der Waals surface area contributed by atoms with Crippen LogP contribution in [0.5, 0.6) is 0 Å². The van der Waals surface area contributed by atoms with Gasteiger partial charge in [-0.25, -0.2) is 0 Å². The molecule has 2 unspecified atom stereocenters. The van der Waals surface area contributed by atoms with Gasteiger partial charge in [-0.2, -0.15) is 0 Å². The first-order valence-electron chi connectivity index (χ1n) is 6.98. The highest BCUT2D eigenvalue weighted by Crippen LogP contribution is 2.32. The highest BCUT2D eigenvalue weighted by molar-refractivity contribution is 5.68. The Morgan fingerprint density at radius 3 is 2.72 bits per heavy atom. The van der Waals surface area contributed by atoms with Crippen LogP contribution in [-0.2, 0) is 0 Å². The molecule has 0 radical (unpaired) electrons. The van der Waals surface area contributed by atoms with Crippen LogP contribution in [0.1, 0.15) is 24.8 Å². The van der Waals surface area contributed by atoms with Gasteiger partial charge in [0.15, 0.2) is 0 Å². The predicted octanol–water partition coefficient (Wildman–Crippen LogP) is 2.25. The molecular weight excluding hydrogens is 222 g/mol. The number of fused-ring (bicyclic) bond motifs is 2. The lowest BCUT2D eigenvalue weighted by atomic mass is 10.1. The van der Waals surface area contributed by atoms with Crippen molar-refractivity contribution in [3.8, 4) is 0 Å². The largest absolute Gasteiger partial charge is 0.397 e. The maximum Gasteiger partial charge on any atom is 0.0600 e. The van der Waals surface area contributed by atoms with Gasteiger partial charge >= 0.3 is 0 Å². The number of likely N-dealkylation sites (N-methyl/N-ethyl adjacent to an activating group) is 1. The normalized spacial score (nSPS) is 28.4. The number of hydrogen-bond donors (Lipinski definition) is 1. The first-order valence-corrected chi connectivity index (χ1v) is 6.98. The highest BCUT2D eigenvalue weighted by atomic mass is 15.3. The minimum Gasteiger partial charge on any atom is -0.397 e. The maximum absolute atomic E-state index is 6.18. The van der Waals surface area contributed by atoms with E-state index in [4.69, 9.17) is 5.73 Å². The van der Waals surface area contributed by atoms with Crippen LogP contribution in [0.4, 0.5) is 11.4 Å². The molecule has 2 aliphatic rings. The molecule has 3 heteroatoms. The van der Waals surface area contributed by atoms with Crippen molar-refractivity contribution in [1.82, 2.24) is 4.90 Å². The molecule has 2 aliphatic heterocycles. The van der Waals surface area contributed by atoms with Gasteiger partial charge in [-0.3, -0.25) is 4.90 Å². The Morgan fingerprint density at radius 1 is 1.17 bits per heavy atom. The Morgan fingerprint density at radius 2 is 1.94 bits per heavy atom. The summed E-state index contributed by atoms with van der Waals surface area (Å²) in [4.78, 5) is 5.06. The fraction of sp³-hybridized carbons (Fsp3) is 0.600. The van der Waals surface area contributed by atoms with Gasteiger partial charge in [0.05, 0.1) is 11.4 Å². The average molecular weight is 245 g/mol. The van der Waals surface area contributed by atoms with Gasteiger partial charge in [0.2, 0.25) is 0 Å². The van der Waals surface area contributed by atoms with Gasteiger partial charge in [-0.05, 0) is 50.9 Å². The Hall–Kier alpha value is -1.22. The molecule has 98 valence electrons. The number of anilines is 2.